The predicted molar refractivity (Wildman–Crippen MR) is 82.0 cm³/mol. The summed E-state index contributed by atoms with van der Waals surface area (Å²) in [7, 11) is 0. The molecule has 22 heavy (non-hydrogen) atoms. The van der Waals surface area contributed by atoms with Crippen LogP contribution < -0.4 is 5.32 Å². The van der Waals surface area contributed by atoms with Crippen LogP contribution in [0.2, 0.25) is 0 Å². The lowest BCUT2D eigenvalue weighted by atomic mass is 10.2. The number of rotatable bonds is 6. The van der Waals surface area contributed by atoms with Gasteiger partial charge in [-0.1, -0.05) is 13.8 Å². The summed E-state index contributed by atoms with van der Waals surface area (Å²) in [6.45, 7) is 6.99. The first kappa shape index (κ1) is 16.2. The maximum Gasteiger partial charge on any atom is 0.355 e. The van der Waals surface area contributed by atoms with E-state index in [1.54, 1.807) is 6.20 Å². The lowest BCUT2D eigenvalue weighted by molar-refractivity contribution is 0.0691. The monoisotopic (exact) mass is 322 g/mol. The number of nitrogens with one attached hydrogen (secondary N) is 1. The molecule has 0 aliphatic rings. The molecule has 0 saturated heterocycles. The molecular formula is C14H18N4O3S. The maximum absolute atomic E-state index is 12.2. The Morgan fingerprint density at radius 3 is 2.77 bits per heavy atom. The zero-order chi connectivity index (χ0) is 16.3. The highest BCUT2D eigenvalue weighted by Crippen LogP contribution is 2.12. The average molecular weight is 322 g/mol. The Kier molecular flexibility index (Phi) is 4.92. The van der Waals surface area contributed by atoms with E-state index in [-0.39, 0.29) is 18.1 Å². The van der Waals surface area contributed by atoms with Gasteiger partial charge in [0.1, 0.15) is 5.01 Å². The van der Waals surface area contributed by atoms with Crippen molar-refractivity contribution < 1.29 is 14.7 Å². The van der Waals surface area contributed by atoms with Gasteiger partial charge in [0.25, 0.3) is 5.91 Å². The summed E-state index contributed by atoms with van der Waals surface area (Å²) < 4.78 is 1.81. The molecule has 0 atom stereocenters. The third kappa shape index (κ3) is 3.70. The van der Waals surface area contributed by atoms with Crippen LogP contribution in [0.3, 0.4) is 0 Å². The Hall–Kier alpha value is -2.22. The van der Waals surface area contributed by atoms with Crippen molar-refractivity contribution in [3.05, 3.63) is 33.5 Å². The summed E-state index contributed by atoms with van der Waals surface area (Å²) in [6, 6.07) is 0. The Morgan fingerprint density at radius 1 is 1.45 bits per heavy atom. The van der Waals surface area contributed by atoms with Crippen LogP contribution in [0, 0.1) is 12.8 Å². The van der Waals surface area contributed by atoms with E-state index < -0.39 is 5.97 Å². The second-order valence-electron chi connectivity index (χ2n) is 5.33. The van der Waals surface area contributed by atoms with Gasteiger partial charge < -0.3 is 10.4 Å². The molecule has 0 aromatic carbocycles. The molecule has 0 aliphatic carbocycles. The Labute approximate surface area is 132 Å². The molecule has 0 aliphatic heterocycles. The van der Waals surface area contributed by atoms with Crippen LogP contribution in [0.25, 0.3) is 0 Å². The number of aromatic carboxylic acids is 1. The zero-order valence-electron chi connectivity index (χ0n) is 12.7. The summed E-state index contributed by atoms with van der Waals surface area (Å²) in [5.41, 5.74) is 1.34. The summed E-state index contributed by atoms with van der Waals surface area (Å²) in [5, 5.41) is 17.8. The van der Waals surface area contributed by atoms with Crippen molar-refractivity contribution in [2.24, 2.45) is 5.92 Å². The molecule has 2 rings (SSSR count). The molecule has 0 spiro atoms. The van der Waals surface area contributed by atoms with Crippen LogP contribution in [0.4, 0.5) is 0 Å². The molecule has 2 heterocycles. The molecule has 0 bridgehead atoms. The van der Waals surface area contributed by atoms with Gasteiger partial charge in [-0.05, 0) is 12.8 Å². The van der Waals surface area contributed by atoms with Crippen molar-refractivity contribution in [3.8, 4) is 0 Å². The summed E-state index contributed by atoms with van der Waals surface area (Å²) in [5.74, 6) is -0.863. The maximum atomic E-state index is 12.2. The molecule has 0 fully saturated rings. The van der Waals surface area contributed by atoms with Crippen LogP contribution in [-0.4, -0.2) is 31.7 Å². The highest BCUT2D eigenvalue weighted by molar-refractivity contribution is 7.09. The largest absolute Gasteiger partial charge is 0.476 e. The summed E-state index contributed by atoms with van der Waals surface area (Å²) in [6.07, 6.45) is 1.55. The van der Waals surface area contributed by atoms with Gasteiger partial charge in [-0.3, -0.25) is 9.48 Å². The number of carboxylic acid groups (broad SMARTS) is 1. The SMILES string of the molecule is Cc1c(C(=O)NCc2nc(C(=O)O)cs2)cnn1CC(C)C. The van der Waals surface area contributed by atoms with Crippen molar-refractivity contribution >= 4 is 23.2 Å². The van der Waals surface area contributed by atoms with Gasteiger partial charge in [-0.2, -0.15) is 5.10 Å². The second-order valence-corrected chi connectivity index (χ2v) is 6.28. The molecule has 8 heteroatoms. The topological polar surface area (TPSA) is 97.1 Å². The van der Waals surface area contributed by atoms with Crippen LogP contribution >= 0.6 is 11.3 Å². The lowest BCUT2D eigenvalue weighted by Crippen LogP contribution is -2.23. The number of carboxylic acids is 1. The van der Waals surface area contributed by atoms with Gasteiger partial charge >= 0.3 is 5.97 Å². The second kappa shape index (κ2) is 6.69. The van der Waals surface area contributed by atoms with E-state index in [1.807, 2.05) is 11.6 Å². The number of carbonyl (C=O) groups is 2. The number of hydrogen-bond donors (Lipinski definition) is 2. The number of carbonyl (C=O) groups excluding carboxylic acids is 1. The van der Waals surface area contributed by atoms with Crippen LogP contribution in [0.1, 0.15) is 45.4 Å². The van der Waals surface area contributed by atoms with E-state index in [0.717, 1.165) is 12.2 Å². The van der Waals surface area contributed by atoms with E-state index in [2.05, 4.69) is 29.2 Å². The van der Waals surface area contributed by atoms with E-state index in [0.29, 0.717) is 16.5 Å². The minimum Gasteiger partial charge on any atom is -0.476 e. The highest BCUT2D eigenvalue weighted by Gasteiger charge is 2.15. The van der Waals surface area contributed by atoms with E-state index >= 15 is 0 Å². The first-order chi connectivity index (χ1) is 10.4. The van der Waals surface area contributed by atoms with Gasteiger partial charge in [-0.25, -0.2) is 9.78 Å². The predicted octanol–water partition coefficient (Wildman–Crippen LogP) is 1.93. The highest BCUT2D eigenvalue weighted by atomic mass is 32.1. The van der Waals surface area contributed by atoms with Gasteiger partial charge in [0.05, 0.1) is 18.3 Å². The lowest BCUT2D eigenvalue weighted by Gasteiger charge is -2.08. The van der Waals surface area contributed by atoms with Gasteiger partial charge in [-0.15, -0.1) is 11.3 Å². The molecule has 118 valence electrons. The van der Waals surface area contributed by atoms with Gasteiger partial charge in [0, 0.05) is 17.6 Å². The third-order valence-electron chi connectivity index (χ3n) is 3.06. The van der Waals surface area contributed by atoms with Crippen molar-refractivity contribution in [1.29, 1.82) is 0 Å². The average Bonchev–Trinajstić information content (AvgIpc) is 3.04. The standard InChI is InChI=1S/C14H18N4O3S/c1-8(2)6-18-9(3)10(4-16-18)13(19)15-5-12-17-11(7-22-12)14(20)21/h4,7-8H,5-6H2,1-3H3,(H,15,19)(H,20,21). The molecule has 1 amide bonds. The molecule has 0 saturated carbocycles. The first-order valence-corrected chi connectivity index (χ1v) is 7.74. The summed E-state index contributed by atoms with van der Waals surface area (Å²) >= 11 is 1.21. The van der Waals surface area contributed by atoms with Gasteiger partial charge in [0.2, 0.25) is 0 Å². The minimum atomic E-state index is -1.07. The zero-order valence-corrected chi connectivity index (χ0v) is 13.5. The fraction of sp³-hybridized carbons (Fsp3) is 0.429. The molecule has 7 nitrogen and oxygen atoms in total. The first-order valence-electron chi connectivity index (χ1n) is 6.86. The quantitative estimate of drug-likeness (QED) is 0.847. The Bertz CT molecular complexity index is 690. The van der Waals surface area contributed by atoms with E-state index in [9.17, 15) is 9.59 Å². The minimum absolute atomic E-state index is 0.00446. The molecule has 0 unspecified atom stereocenters. The molecule has 2 aromatic rings. The number of thiazole rings is 1. The van der Waals surface area contributed by atoms with Crippen molar-refractivity contribution in [1.82, 2.24) is 20.1 Å². The third-order valence-corrected chi connectivity index (χ3v) is 3.91. The fourth-order valence-electron chi connectivity index (χ4n) is 1.94. The Morgan fingerprint density at radius 2 is 2.18 bits per heavy atom. The number of hydrogen-bond acceptors (Lipinski definition) is 5. The van der Waals surface area contributed by atoms with Crippen molar-refractivity contribution in [2.45, 2.75) is 33.9 Å². The molecule has 0 radical (unpaired) electrons. The van der Waals surface area contributed by atoms with Crippen LogP contribution in [-0.2, 0) is 13.1 Å². The van der Waals surface area contributed by atoms with Crippen LogP contribution in [0.15, 0.2) is 11.6 Å². The van der Waals surface area contributed by atoms with E-state index in [4.69, 9.17) is 5.11 Å². The normalized spacial score (nSPS) is 10.9. The number of nitrogens with zero attached hydrogens (tertiary/aromatic N) is 3. The Balaban J connectivity index is 2.00. The molecule has 2 aromatic heterocycles. The van der Waals surface area contributed by atoms with E-state index in [1.165, 1.54) is 16.7 Å². The number of aromatic nitrogens is 3. The number of amides is 1. The summed E-state index contributed by atoms with van der Waals surface area (Å²) in [4.78, 5) is 26.9. The van der Waals surface area contributed by atoms with Crippen LogP contribution in [0.5, 0.6) is 0 Å². The van der Waals surface area contributed by atoms with Crippen molar-refractivity contribution in [2.75, 3.05) is 0 Å². The van der Waals surface area contributed by atoms with Gasteiger partial charge in [0.15, 0.2) is 5.69 Å². The fourth-order valence-corrected chi connectivity index (χ4v) is 2.65. The smallest absolute Gasteiger partial charge is 0.355 e. The molecular weight excluding hydrogens is 304 g/mol. The van der Waals surface area contributed by atoms with Crippen molar-refractivity contribution in [3.63, 3.8) is 0 Å². The molecule has 2 N–H and O–H groups in total.